The van der Waals surface area contributed by atoms with Crippen LogP contribution in [0.4, 0.5) is 5.00 Å². The Labute approximate surface area is 172 Å². The van der Waals surface area contributed by atoms with Crippen molar-refractivity contribution in [2.24, 2.45) is 0 Å². The van der Waals surface area contributed by atoms with Crippen molar-refractivity contribution in [3.63, 3.8) is 0 Å². The van der Waals surface area contributed by atoms with E-state index in [4.69, 9.17) is 4.74 Å². The molecule has 4 nitrogen and oxygen atoms in total. The number of thiophene rings is 1. The number of amides is 1. The summed E-state index contributed by atoms with van der Waals surface area (Å²) in [5, 5.41) is 5.39. The average molecular weight is 402 g/mol. The molecule has 0 fully saturated rings. The van der Waals surface area contributed by atoms with Crippen molar-refractivity contribution in [1.29, 1.82) is 0 Å². The number of carbonyl (C=O) groups excluding carboxylic acids is 2. The van der Waals surface area contributed by atoms with E-state index in [2.05, 4.69) is 12.2 Å². The number of aryl methyl sites for hydroxylation is 1. The molecule has 1 aromatic heterocycles. The van der Waals surface area contributed by atoms with E-state index >= 15 is 0 Å². The summed E-state index contributed by atoms with van der Waals surface area (Å²) in [4.78, 5) is 24.7. The number of esters is 1. The zero-order chi connectivity index (χ0) is 20.4. The van der Waals surface area contributed by atoms with E-state index in [0.29, 0.717) is 17.0 Å². The molecule has 1 aromatic carbocycles. The zero-order valence-corrected chi connectivity index (χ0v) is 18.0. The van der Waals surface area contributed by atoms with E-state index in [9.17, 15) is 9.59 Å². The maximum atomic E-state index is 12.4. The summed E-state index contributed by atoms with van der Waals surface area (Å²) in [7, 11) is 1.36. The first kappa shape index (κ1) is 22.2. The third-order valence-electron chi connectivity index (χ3n) is 4.80. The van der Waals surface area contributed by atoms with Crippen molar-refractivity contribution in [3.8, 4) is 11.1 Å². The van der Waals surface area contributed by atoms with Gasteiger partial charge in [-0.15, -0.1) is 11.3 Å². The first-order valence-corrected chi connectivity index (χ1v) is 11.0. The maximum absolute atomic E-state index is 12.4. The summed E-state index contributed by atoms with van der Waals surface area (Å²) in [6.45, 7) is 4.23. The molecular weight excluding hydrogens is 370 g/mol. The number of hydrogen-bond acceptors (Lipinski definition) is 4. The van der Waals surface area contributed by atoms with Crippen LogP contribution in [0.5, 0.6) is 0 Å². The van der Waals surface area contributed by atoms with Crippen molar-refractivity contribution in [1.82, 2.24) is 0 Å². The van der Waals surface area contributed by atoms with Crippen molar-refractivity contribution in [2.45, 2.75) is 65.2 Å². The van der Waals surface area contributed by atoms with E-state index in [1.807, 2.05) is 36.6 Å². The molecule has 0 aliphatic heterocycles. The molecule has 0 radical (unpaired) electrons. The lowest BCUT2D eigenvalue weighted by Crippen LogP contribution is -2.13. The molecule has 1 N–H and O–H groups in total. The van der Waals surface area contributed by atoms with E-state index in [1.54, 1.807) is 0 Å². The van der Waals surface area contributed by atoms with Crippen molar-refractivity contribution in [2.75, 3.05) is 12.4 Å². The van der Waals surface area contributed by atoms with Gasteiger partial charge in [0, 0.05) is 17.4 Å². The Morgan fingerprint density at radius 3 is 2.29 bits per heavy atom. The molecule has 28 heavy (non-hydrogen) atoms. The summed E-state index contributed by atoms with van der Waals surface area (Å²) >= 11 is 1.37. The second kappa shape index (κ2) is 11.6. The molecule has 0 bridgehead atoms. The summed E-state index contributed by atoms with van der Waals surface area (Å²) < 4.78 is 4.96. The summed E-state index contributed by atoms with van der Waals surface area (Å²) in [6, 6.07) is 7.97. The lowest BCUT2D eigenvalue weighted by molar-refractivity contribution is -0.116. The number of rotatable bonds is 11. The second-order valence-corrected chi connectivity index (χ2v) is 8.01. The number of ether oxygens (including phenoxy) is 1. The van der Waals surface area contributed by atoms with E-state index in [1.165, 1.54) is 50.6 Å². The Morgan fingerprint density at radius 1 is 1.00 bits per heavy atom. The summed E-state index contributed by atoms with van der Waals surface area (Å²) in [6.07, 6.45) is 8.66. The smallest absolute Gasteiger partial charge is 0.341 e. The minimum Gasteiger partial charge on any atom is -0.465 e. The van der Waals surface area contributed by atoms with Gasteiger partial charge in [0.25, 0.3) is 0 Å². The quantitative estimate of drug-likeness (QED) is 0.341. The Balaban J connectivity index is 1.98. The largest absolute Gasteiger partial charge is 0.465 e. The van der Waals surface area contributed by atoms with Gasteiger partial charge >= 0.3 is 5.97 Å². The van der Waals surface area contributed by atoms with Gasteiger partial charge in [0.15, 0.2) is 0 Å². The molecule has 0 saturated heterocycles. The highest BCUT2D eigenvalue weighted by Gasteiger charge is 2.22. The Morgan fingerprint density at radius 2 is 1.64 bits per heavy atom. The normalized spacial score (nSPS) is 10.7. The minimum absolute atomic E-state index is 0.0454. The van der Waals surface area contributed by atoms with Gasteiger partial charge in [-0.05, 0) is 18.9 Å². The highest BCUT2D eigenvalue weighted by Crippen LogP contribution is 2.36. The molecule has 0 atom stereocenters. The molecule has 2 rings (SSSR count). The van der Waals surface area contributed by atoms with E-state index in [0.717, 1.165) is 29.5 Å². The van der Waals surface area contributed by atoms with Crippen LogP contribution in [-0.2, 0) is 9.53 Å². The predicted octanol–water partition coefficient (Wildman–Crippen LogP) is 6.59. The lowest BCUT2D eigenvalue weighted by Gasteiger charge is -2.08. The zero-order valence-electron chi connectivity index (χ0n) is 17.2. The lowest BCUT2D eigenvalue weighted by atomic mass is 10.0. The van der Waals surface area contributed by atoms with Crippen molar-refractivity contribution < 1.29 is 14.3 Å². The van der Waals surface area contributed by atoms with Crippen LogP contribution in [-0.4, -0.2) is 19.0 Å². The van der Waals surface area contributed by atoms with Gasteiger partial charge in [0.2, 0.25) is 5.91 Å². The van der Waals surface area contributed by atoms with Crippen molar-refractivity contribution >= 4 is 28.2 Å². The average Bonchev–Trinajstić information content (AvgIpc) is 3.10. The van der Waals surface area contributed by atoms with Crippen LogP contribution in [0.1, 0.15) is 74.2 Å². The summed E-state index contributed by atoms with van der Waals surface area (Å²) in [5.74, 6) is -0.473. The molecule has 1 heterocycles. The number of hydrogen-bond donors (Lipinski definition) is 1. The number of unbranched alkanes of at least 4 members (excludes halogenated alkanes) is 6. The molecule has 152 valence electrons. The van der Waals surface area contributed by atoms with Gasteiger partial charge in [-0.1, -0.05) is 75.3 Å². The van der Waals surface area contributed by atoms with Gasteiger partial charge in [-0.25, -0.2) is 4.79 Å². The Bertz CT molecular complexity index is 765. The fraction of sp³-hybridized carbons (Fsp3) is 0.478. The Kier molecular flexibility index (Phi) is 9.21. The van der Waals surface area contributed by atoms with Crippen LogP contribution in [0.25, 0.3) is 11.1 Å². The van der Waals surface area contributed by atoms with Gasteiger partial charge in [-0.2, -0.15) is 0 Å². The first-order chi connectivity index (χ1) is 13.6. The van der Waals surface area contributed by atoms with E-state index < -0.39 is 5.97 Å². The van der Waals surface area contributed by atoms with Crippen LogP contribution < -0.4 is 5.32 Å². The highest BCUT2D eigenvalue weighted by atomic mass is 32.1. The minimum atomic E-state index is -0.428. The molecule has 2 aromatic rings. The van der Waals surface area contributed by atoms with Crippen LogP contribution in [0.15, 0.2) is 29.6 Å². The fourth-order valence-electron chi connectivity index (χ4n) is 3.13. The monoisotopic (exact) mass is 401 g/mol. The van der Waals surface area contributed by atoms with Gasteiger partial charge < -0.3 is 10.1 Å². The number of anilines is 1. The molecule has 0 aliphatic rings. The molecule has 1 amide bonds. The second-order valence-electron chi connectivity index (χ2n) is 7.13. The molecule has 0 saturated carbocycles. The highest BCUT2D eigenvalue weighted by molar-refractivity contribution is 7.15. The van der Waals surface area contributed by atoms with Crippen LogP contribution in [0, 0.1) is 6.92 Å². The number of methoxy groups -OCH3 is 1. The topological polar surface area (TPSA) is 55.4 Å². The summed E-state index contributed by atoms with van der Waals surface area (Å²) in [5.41, 5.74) is 3.32. The predicted molar refractivity (Wildman–Crippen MR) is 117 cm³/mol. The third-order valence-corrected chi connectivity index (χ3v) is 5.70. The first-order valence-electron chi connectivity index (χ1n) is 10.1. The standard InChI is InChI=1S/C23H31NO3S/c1-4-5-6-7-8-9-10-11-20(25)24-22-21(23(26)27-3)19(16-28-22)18-14-12-17(2)13-15-18/h12-16H,4-11H2,1-3H3,(H,24,25). The molecular formula is C23H31NO3S. The fourth-order valence-corrected chi connectivity index (χ4v) is 4.11. The molecule has 0 aliphatic carbocycles. The third kappa shape index (κ3) is 6.48. The van der Waals surface area contributed by atoms with E-state index in [-0.39, 0.29) is 5.91 Å². The Hall–Kier alpha value is -2.14. The van der Waals surface area contributed by atoms with Crippen LogP contribution in [0.2, 0.25) is 0 Å². The van der Waals surface area contributed by atoms with Crippen LogP contribution >= 0.6 is 11.3 Å². The van der Waals surface area contributed by atoms with Gasteiger partial charge in [0.05, 0.1) is 7.11 Å². The van der Waals surface area contributed by atoms with Gasteiger partial charge in [0.1, 0.15) is 10.6 Å². The number of benzene rings is 1. The molecule has 0 unspecified atom stereocenters. The number of nitrogens with one attached hydrogen (secondary N) is 1. The SMILES string of the molecule is CCCCCCCCCC(=O)Nc1scc(-c2ccc(C)cc2)c1C(=O)OC. The molecule has 0 spiro atoms. The van der Waals surface area contributed by atoms with Gasteiger partial charge in [-0.3, -0.25) is 4.79 Å². The van der Waals surface area contributed by atoms with Crippen molar-refractivity contribution in [3.05, 3.63) is 40.8 Å². The maximum Gasteiger partial charge on any atom is 0.341 e. The number of carbonyl (C=O) groups is 2. The van der Waals surface area contributed by atoms with Crippen LogP contribution in [0.3, 0.4) is 0 Å². The molecule has 5 heteroatoms.